The zero-order chi connectivity index (χ0) is 11.1. The Morgan fingerprint density at radius 2 is 1.88 bits per heavy atom. The number of nitrogens with two attached hydrogens (primary N) is 1. The molecule has 0 spiro atoms. The van der Waals surface area contributed by atoms with Crippen molar-refractivity contribution in [3.05, 3.63) is 30.3 Å². The van der Waals surface area contributed by atoms with Crippen LogP contribution in [0.25, 0.3) is 0 Å². The van der Waals surface area contributed by atoms with Gasteiger partial charge in [0.15, 0.2) is 0 Å². The fraction of sp³-hybridized carbons (Fsp3) is 0.200. The van der Waals surface area contributed by atoms with E-state index >= 15 is 0 Å². The van der Waals surface area contributed by atoms with Gasteiger partial charge in [0.2, 0.25) is 5.91 Å². The van der Waals surface area contributed by atoms with Crippen molar-refractivity contribution < 1.29 is 14.3 Å². The highest BCUT2D eigenvalue weighted by Gasteiger charge is 2.05. The first-order chi connectivity index (χ1) is 7.22. The molecule has 1 rings (SSSR count). The van der Waals surface area contributed by atoms with Crippen LogP contribution in [-0.4, -0.2) is 25.0 Å². The Morgan fingerprint density at radius 3 is 2.44 bits per heavy atom. The van der Waals surface area contributed by atoms with Crippen molar-refractivity contribution in [2.75, 3.05) is 13.1 Å². The van der Waals surface area contributed by atoms with Crippen molar-refractivity contribution >= 4 is 24.3 Å². The van der Waals surface area contributed by atoms with Crippen LogP contribution in [-0.2, 0) is 9.59 Å². The van der Waals surface area contributed by atoms with Gasteiger partial charge in [0.25, 0.3) is 0 Å². The Hall–Kier alpha value is -1.59. The summed E-state index contributed by atoms with van der Waals surface area (Å²) in [7, 11) is 0. The zero-order valence-corrected chi connectivity index (χ0v) is 9.33. The number of carbonyl (C=O) groups excluding carboxylic acids is 2. The molecule has 1 aromatic rings. The highest BCUT2D eigenvalue weighted by molar-refractivity contribution is 5.85. The number of esters is 1. The minimum Gasteiger partial charge on any atom is -0.425 e. The molecule has 0 fully saturated rings. The van der Waals surface area contributed by atoms with E-state index < -0.39 is 5.97 Å². The van der Waals surface area contributed by atoms with Gasteiger partial charge in [-0.15, -0.1) is 12.4 Å². The largest absolute Gasteiger partial charge is 0.425 e. The Morgan fingerprint density at radius 1 is 1.25 bits per heavy atom. The molecule has 0 aliphatic rings. The third kappa shape index (κ3) is 5.33. The predicted molar refractivity (Wildman–Crippen MR) is 61.4 cm³/mol. The van der Waals surface area contributed by atoms with E-state index in [9.17, 15) is 9.59 Å². The lowest BCUT2D eigenvalue weighted by Crippen LogP contribution is -2.35. The first-order valence-electron chi connectivity index (χ1n) is 4.45. The van der Waals surface area contributed by atoms with Crippen molar-refractivity contribution in [1.82, 2.24) is 5.32 Å². The Bertz CT molecular complexity index is 343. The highest BCUT2D eigenvalue weighted by Crippen LogP contribution is 2.07. The van der Waals surface area contributed by atoms with Gasteiger partial charge in [-0.05, 0) is 12.1 Å². The van der Waals surface area contributed by atoms with Crippen LogP contribution in [0.1, 0.15) is 0 Å². The van der Waals surface area contributed by atoms with E-state index in [1.165, 1.54) is 0 Å². The summed E-state index contributed by atoms with van der Waals surface area (Å²) in [5, 5.41) is 2.31. The van der Waals surface area contributed by atoms with Crippen molar-refractivity contribution in [3.8, 4) is 5.75 Å². The molecule has 0 saturated carbocycles. The van der Waals surface area contributed by atoms with E-state index in [0.29, 0.717) is 5.75 Å². The molecule has 0 aliphatic heterocycles. The van der Waals surface area contributed by atoms with Crippen molar-refractivity contribution in [3.63, 3.8) is 0 Å². The van der Waals surface area contributed by atoms with E-state index in [2.05, 4.69) is 5.32 Å². The summed E-state index contributed by atoms with van der Waals surface area (Å²) in [5.41, 5.74) is 5.05. The summed E-state index contributed by atoms with van der Waals surface area (Å²) in [5.74, 6) is -0.465. The van der Waals surface area contributed by atoms with Gasteiger partial charge >= 0.3 is 5.97 Å². The molecule has 0 radical (unpaired) electrons. The topological polar surface area (TPSA) is 81.4 Å². The minimum atomic E-state index is -0.525. The first kappa shape index (κ1) is 14.4. The SMILES string of the molecule is Cl.NCC(=O)NCC(=O)Oc1ccccc1. The number of hydrogen-bond donors (Lipinski definition) is 2. The monoisotopic (exact) mass is 244 g/mol. The molecule has 1 amide bonds. The molecule has 0 bridgehead atoms. The summed E-state index contributed by atoms with van der Waals surface area (Å²) in [6.07, 6.45) is 0. The molecular formula is C10H13ClN2O3. The van der Waals surface area contributed by atoms with E-state index in [-0.39, 0.29) is 31.4 Å². The summed E-state index contributed by atoms with van der Waals surface area (Å²) in [6.45, 7) is -0.316. The van der Waals surface area contributed by atoms with Crippen LogP contribution >= 0.6 is 12.4 Å². The fourth-order valence-corrected chi connectivity index (χ4v) is 0.899. The van der Waals surface area contributed by atoms with Gasteiger partial charge in [-0.1, -0.05) is 18.2 Å². The number of ether oxygens (including phenoxy) is 1. The average Bonchev–Trinajstić information content (AvgIpc) is 2.27. The second kappa shape index (κ2) is 7.67. The van der Waals surface area contributed by atoms with E-state index in [1.807, 2.05) is 6.07 Å². The van der Waals surface area contributed by atoms with E-state index in [0.717, 1.165) is 0 Å². The van der Waals surface area contributed by atoms with Crippen LogP contribution in [0.3, 0.4) is 0 Å². The molecule has 1 aromatic carbocycles. The molecule has 88 valence electrons. The van der Waals surface area contributed by atoms with Crippen molar-refractivity contribution in [1.29, 1.82) is 0 Å². The predicted octanol–water partition coefficient (Wildman–Crippen LogP) is 0.0887. The number of hydrogen-bond acceptors (Lipinski definition) is 4. The third-order valence-corrected chi connectivity index (χ3v) is 1.59. The van der Waals surface area contributed by atoms with Gasteiger partial charge < -0.3 is 15.8 Å². The van der Waals surface area contributed by atoms with Gasteiger partial charge in [-0.3, -0.25) is 4.79 Å². The number of carbonyl (C=O) groups is 2. The molecular weight excluding hydrogens is 232 g/mol. The van der Waals surface area contributed by atoms with Gasteiger partial charge in [-0.2, -0.15) is 0 Å². The molecule has 3 N–H and O–H groups in total. The lowest BCUT2D eigenvalue weighted by atomic mass is 10.3. The van der Waals surface area contributed by atoms with Crippen LogP contribution < -0.4 is 15.8 Å². The van der Waals surface area contributed by atoms with Crippen molar-refractivity contribution in [2.24, 2.45) is 5.73 Å². The third-order valence-electron chi connectivity index (χ3n) is 1.59. The standard InChI is InChI=1S/C10H12N2O3.ClH/c11-6-9(13)12-7-10(14)15-8-4-2-1-3-5-8;/h1-5H,6-7,11H2,(H,12,13);1H. The van der Waals surface area contributed by atoms with Crippen LogP contribution in [0, 0.1) is 0 Å². The second-order valence-corrected chi connectivity index (χ2v) is 2.77. The van der Waals surface area contributed by atoms with Gasteiger partial charge in [0, 0.05) is 0 Å². The summed E-state index contributed by atoms with van der Waals surface area (Å²) < 4.78 is 4.91. The number of nitrogens with one attached hydrogen (secondary N) is 1. The maximum Gasteiger partial charge on any atom is 0.330 e. The number of halogens is 1. The summed E-state index contributed by atoms with van der Waals surface area (Å²) >= 11 is 0. The number of amides is 1. The van der Waals surface area contributed by atoms with Gasteiger partial charge in [0.05, 0.1) is 6.54 Å². The number of benzene rings is 1. The maximum absolute atomic E-state index is 11.2. The quantitative estimate of drug-likeness (QED) is 0.581. The Kier molecular flexibility index (Phi) is 6.91. The fourth-order valence-electron chi connectivity index (χ4n) is 0.899. The minimum absolute atomic E-state index is 0. The van der Waals surface area contributed by atoms with E-state index in [1.54, 1.807) is 24.3 Å². The first-order valence-corrected chi connectivity index (χ1v) is 4.45. The van der Waals surface area contributed by atoms with Crippen LogP contribution in [0.5, 0.6) is 5.75 Å². The molecule has 0 aliphatic carbocycles. The van der Waals surface area contributed by atoms with Gasteiger partial charge in [0.1, 0.15) is 12.3 Å². The smallest absolute Gasteiger partial charge is 0.330 e. The molecule has 0 saturated heterocycles. The van der Waals surface area contributed by atoms with Crippen LogP contribution in [0.2, 0.25) is 0 Å². The highest BCUT2D eigenvalue weighted by atomic mass is 35.5. The summed E-state index contributed by atoms with van der Waals surface area (Å²) in [6, 6.07) is 8.63. The molecule has 5 nitrogen and oxygen atoms in total. The second-order valence-electron chi connectivity index (χ2n) is 2.77. The molecule has 0 aromatic heterocycles. The molecule has 0 atom stereocenters. The van der Waals surface area contributed by atoms with Crippen molar-refractivity contribution in [2.45, 2.75) is 0 Å². The molecule has 16 heavy (non-hydrogen) atoms. The molecule has 0 heterocycles. The van der Waals surface area contributed by atoms with Crippen LogP contribution in [0.4, 0.5) is 0 Å². The Balaban J connectivity index is 0.00000225. The average molecular weight is 245 g/mol. The van der Waals surface area contributed by atoms with E-state index in [4.69, 9.17) is 10.5 Å². The maximum atomic E-state index is 11.2. The zero-order valence-electron chi connectivity index (χ0n) is 8.51. The van der Waals surface area contributed by atoms with Crippen LogP contribution in [0.15, 0.2) is 30.3 Å². The lowest BCUT2D eigenvalue weighted by Gasteiger charge is -2.04. The normalized spacial score (nSPS) is 8.81. The molecule has 0 unspecified atom stereocenters. The number of rotatable bonds is 4. The van der Waals surface area contributed by atoms with Gasteiger partial charge in [-0.25, -0.2) is 4.79 Å². The lowest BCUT2D eigenvalue weighted by molar-refractivity contribution is -0.135. The molecule has 6 heteroatoms. The summed E-state index contributed by atoms with van der Waals surface area (Å²) in [4.78, 5) is 21.9. The number of para-hydroxylation sites is 1. The Labute approximate surface area is 99.4 Å².